The van der Waals surface area contributed by atoms with E-state index in [1.165, 1.54) is 32.1 Å². The number of hydrogen-bond donors (Lipinski definition) is 1. The second kappa shape index (κ2) is 6.38. The molecule has 2 atom stereocenters. The van der Waals surface area contributed by atoms with E-state index in [1.807, 2.05) is 11.3 Å². The third kappa shape index (κ3) is 2.88. The van der Waals surface area contributed by atoms with Crippen molar-refractivity contribution in [2.24, 2.45) is 5.92 Å². The zero-order chi connectivity index (χ0) is 13.1. The van der Waals surface area contributed by atoms with Crippen molar-refractivity contribution in [3.63, 3.8) is 0 Å². The highest BCUT2D eigenvalue weighted by Crippen LogP contribution is 2.40. The Labute approximate surface area is 120 Å². The van der Waals surface area contributed by atoms with Crippen LogP contribution in [-0.4, -0.2) is 25.8 Å². The van der Waals surface area contributed by atoms with Crippen LogP contribution in [0.2, 0.25) is 0 Å². The summed E-state index contributed by atoms with van der Waals surface area (Å²) < 4.78 is 5.54. The van der Waals surface area contributed by atoms with E-state index < -0.39 is 0 Å². The Morgan fingerprint density at radius 3 is 3.00 bits per heavy atom. The van der Waals surface area contributed by atoms with E-state index in [9.17, 15) is 0 Å². The summed E-state index contributed by atoms with van der Waals surface area (Å²) in [6, 6.07) is 3.04. The van der Waals surface area contributed by atoms with Crippen LogP contribution in [0.4, 0.5) is 0 Å². The first-order valence-corrected chi connectivity index (χ1v) is 8.65. The highest BCUT2D eigenvalue weighted by Gasteiger charge is 2.34. The van der Waals surface area contributed by atoms with Crippen molar-refractivity contribution in [2.45, 2.75) is 51.0 Å². The van der Waals surface area contributed by atoms with E-state index in [0.717, 1.165) is 31.6 Å². The Morgan fingerprint density at radius 2 is 2.21 bits per heavy atom. The molecular weight excluding hydrogens is 254 g/mol. The van der Waals surface area contributed by atoms with Gasteiger partial charge in [-0.2, -0.15) is 0 Å². The van der Waals surface area contributed by atoms with Crippen molar-refractivity contribution in [1.29, 1.82) is 0 Å². The Morgan fingerprint density at radius 1 is 1.37 bits per heavy atom. The molecule has 0 radical (unpaired) electrons. The smallest absolute Gasteiger partial charge is 0.0469 e. The number of nitrogens with one attached hydrogen (secondary N) is 1. The summed E-state index contributed by atoms with van der Waals surface area (Å²) in [4.78, 5) is 1.64. The molecule has 3 rings (SSSR count). The van der Waals surface area contributed by atoms with Crippen molar-refractivity contribution < 1.29 is 4.74 Å². The molecule has 3 heteroatoms. The Balaban J connectivity index is 1.80. The van der Waals surface area contributed by atoms with Gasteiger partial charge in [-0.1, -0.05) is 6.92 Å². The minimum absolute atomic E-state index is 0.655. The van der Waals surface area contributed by atoms with Gasteiger partial charge in [-0.3, -0.25) is 0 Å². The Hall–Kier alpha value is -0.380. The number of rotatable bonds is 4. The maximum Gasteiger partial charge on any atom is 0.0469 e. The van der Waals surface area contributed by atoms with Gasteiger partial charge in [0.05, 0.1) is 0 Å². The first kappa shape index (κ1) is 13.6. The molecule has 1 fully saturated rings. The maximum atomic E-state index is 5.54. The minimum atomic E-state index is 0.655. The monoisotopic (exact) mass is 279 g/mol. The van der Waals surface area contributed by atoms with E-state index in [-0.39, 0.29) is 0 Å². The van der Waals surface area contributed by atoms with Gasteiger partial charge in [0.25, 0.3) is 0 Å². The molecule has 1 aromatic rings. The lowest BCUT2D eigenvalue weighted by Gasteiger charge is -2.38. The summed E-state index contributed by atoms with van der Waals surface area (Å²) in [6.45, 7) is 5.23. The van der Waals surface area contributed by atoms with Crippen LogP contribution in [0.3, 0.4) is 0 Å². The van der Waals surface area contributed by atoms with Gasteiger partial charge in [-0.15, -0.1) is 11.3 Å². The predicted octanol–water partition coefficient (Wildman–Crippen LogP) is 3.57. The first-order valence-electron chi connectivity index (χ1n) is 7.77. The number of thiophene rings is 1. The van der Waals surface area contributed by atoms with Gasteiger partial charge in [0, 0.05) is 30.1 Å². The van der Waals surface area contributed by atoms with E-state index in [2.05, 4.69) is 23.7 Å². The number of hydrogen-bond acceptors (Lipinski definition) is 3. The lowest BCUT2D eigenvalue weighted by Crippen LogP contribution is -2.44. The van der Waals surface area contributed by atoms with Crippen molar-refractivity contribution in [3.05, 3.63) is 21.9 Å². The van der Waals surface area contributed by atoms with E-state index in [0.29, 0.717) is 6.04 Å². The fourth-order valence-corrected chi connectivity index (χ4v) is 4.84. The van der Waals surface area contributed by atoms with Crippen molar-refractivity contribution >= 4 is 11.3 Å². The van der Waals surface area contributed by atoms with Gasteiger partial charge in [0.15, 0.2) is 0 Å². The molecule has 1 N–H and O–H groups in total. The summed E-state index contributed by atoms with van der Waals surface area (Å²) in [7, 11) is 0. The van der Waals surface area contributed by atoms with Crippen LogP contribution >= 0.6 is 11.3 Å². The van der Waals surface area contributed by atoms with Gasteiger partial charge in [-0.25, -0.2) is 0 Å². The van der Waals surface area contributed by atoms with Crippen molar-refractivity contribution in [1.82, 2.24) is 5.32 Å². The standard InChI is InChI=1S/C16H25NOS/c1-2-17-16(12-6-9-18-10-7-12)14-4-3-5-15-13(14)8-11-19-15/h8,11-12,14,16-17H,2-7,9-10H2,1H3. The second-order valence-corrected chi connectivity index (χ2v) is 6.83. The molecule has 2 nitrogen and oxygen atoms in total. The third-order valence-electron chi connectivity index (χ3n) is 4.75. The normalized spacial score (nSPS) is 26.1. The maximum absolute atomic E-state index is 5.54. The van der Waals surface area contributed by atoms with Crippen molar-refractivity contribution in [3.8, 4) is 0 Å². The van der Waals surface area contributed by atoms with E-state index in [1.54, 1.807) is 10.4 Å². The van der Waals surface area contributed by atoms with E-state index >= 15 is 0 Å². The summed E-state index contributed by atoms with van der Waals surface area (Å²) in [5, 5.41) is 6.09. The molecule has 106 valence electrons. The Kier molecular flexibility index (Phi) is 4.57. The highest BCUT2D eigenvalue weighted by atomic mass is 32.1. The van der Waals surface area contributed by atoms with Crippen molar-refractivity contribution in [2.75, 3.05) is 19.8 Å². The van der Waals surface area contributed by atoms with Gasteiger partial charge in [-0.05, 0) is 61.6 Å². The SMILES string of the molecule is CCNC(C1CCOCC1)C1CCCc2sccc21. The molecule has 0 amide bonds. The molecule has 19 heavy (non-hydrogen) atoms. The number of ether oxygens (including phenoxy) is 1. The zero-order valence-electron chi connectivity index (χ0n) is 11.9. The molecule has 2 unspecified atom stereocenters. The molecule has 0 bridgehead atoms. The quantitative estimate of drug-likeness (QED) is 0.909. The molecule has 0 saturated carbocycles. The largest absolute Gasteiger partial charge is 0.381 e. The van der Waals surface area contributed by atoms with Gasteiger partial charge < -0.3 is 10.1 Å². The number of aryl methyl sites for hydroxylation is 1. The average Bonchev–Trinajstić information content (AvgIpc) is 2.94. The molecule has 2 aliphatic rings. The molecule has 1 aliphatic carbocycles. The fraction of sp³-hybridized carbons (Fsp3) is 0.750. The number of fused-ring (bicyclic) bond motifs is 1. The topological polar surface area (TPSA) is 21.3 Å². The minimum Gasteiger partial charge on any atom is -0.381 e. The van der Waals surface area contributed by atoms with Gasteiger partial charge in [0.1, 0.15) is 0 Å². The zero-order valence-corrected chi connectivity index (χ0v) is 12.7. The molecule has 1 aromatic heterocycles. The molecular formula is C16H25NOS. The Bertz CT molecular complexity index is 397. The molecule has 0 spiro atoms. The summed E-state index contributed by atoms with van der Waals surface area (Å²) in [5.74, 6) is 1.53. The summed E-state index contributed by atoms with van der Waals surface area (Å²) >= 11 is 1.96. The predicted molar refractivity (Wildman–Crippen MR) is 81.0 cm³/mol. The van der Waals surface area contributed by atoms with Crippen LogP contribution in [0.5, 0.6) is 0 Å². The van der Waals surface area contributed by atoms with Crippen LogP contribution in [0.15, 0.2) is 11.4 Å². The van der Waals surface area contributed by atoms with Crippen LogP contribution in [0.1, 0.15) is 49.0 Å². The lowest BCUT2D eigenvalue weighted by molar-refractivity contribution is 0.0491. The summed E-state index contributed by atoms with van der Waals surface area (Å²) in [5.41, 5.74) is 1.65. The summed E-state index contributed by atoms with van der Waals surface area (Å²) in [6.07, 6.45) is 6.49. The van der Waals surface area contributed by atoms with Crippen LogP contribution in [0, 0.1) is 5.92 Å². The van der Waals surface area contributed by atoms with Crippen LogP contribution < -0.4 is 5.32 Å². The lowest BCUT2D eigenvalue weighted by atomic mass is 9.75. The van der Waals surface area contributed by atoms with E-state index in [4.69, 9.17) is 4.74 Å². The highest BCUT2D eigenvalue weighted by molar-refractivity contribution is 7.10. The van der Waals surface area contributed by atoms with Gasteiger partial charge >= 0.3 is 0 Å². The average molecular weight is 279 g/mol. The molecule has 2 heterocycles. The molecule has 0 aromatic carbocycles. The van der Waals surface area contributed by atoms with Crippen LogP contribution in [-0.2, 0) is 11.2 Å². The molecule has 1 aliphatic heterocycles. The first-order chi connectivity index (χ1) is 9.40. The second-order valence-electron chi connectivity index (χ2n) is 5.83. The van der Waals surface area contributed by atoms with Gasteiger partial charge in [0.2, 0.25) is 0 Å². The van der Waals surface area contributed by atoms with Crippen LogP contribution in [0.25, 0.3) is 0 Å². The molecule has 1 saturated heterocycles. The fourth-order valence-electron chi connectivity index (χ4n) is 3.84. The number of likely N-dealkylation sites (N-methyl/N-ethyl adjacent to an activating group) is 1. The third-order valence-corrected chi connectivity index (χ3v) is 5.74.